The molecule has 5 heteroatoms. The van der Waals surface area contributed by atoms with Gasteiger partial charge in [-0.2, -0.15) is 0 Å². The fourth-order valence-electron chi connectivity index (χ4n) is 0. The average Bonchev–Trinajstić information content (AvgIpc) is 0.918. The Morgan fingerprint density at radius 2 is 0.750 bits per heavy atom. The molecule has 0 aliphatic rings. The summed E-state index contributed by atoms with van der Waals surface area (Å²) in [5.41, 5.74) is 0. The Hall–Kier alpha value is 1.12. The van der Waals surface area contributed by atoms with Gasteiger partial charge in [-0.1, -0.05) is 0 Å². The van der Waals surface area contributed by atoms with Crippen LogP contribution in [0, 0.1) is 7.43 Å². The van der Waals surface area contributed by atoms with Gasteiger partial charge in [0.05, 0.1) is 0 Å². The van der Waals surface area contributed by atoms with E-state index in [1.807, 2.05) is 14.1 Å². The first kappa shape index (κ1) is 61.8. The SMILES string of the molecule is CNC.[C+4].[Cl-].[Cl-].[Cl-].[Cl-]. The van der Waals surface area contributed by atoms with E-state index in [0.29, 0.717) is 0 Å². The summed E-state index contributed by atoms with van der Waals surface area (Å²) in [6.45, 7) is 0. The Balaban J connectivity index is -0.00000000200. The molecule has 0 radical (unpaired) electrons. The van der Waals surface area contributed by atoms with Gasteiger partial charge in [-0.05, 0) is 14.1 Å². The molecule has 0 saturated heterocycles. The van der Waals surface area contributed by atoms with E-state index in [1.165, 1.54) is 0 Å². The first-order valence-corrected chi connectivity index (χ1v) is 1.00. The maximum Gasteiger partial charge on any atom is 4.00 e. The first-order chi connectivity index (χ1) is 1.41. The Morgan fingerprint density at radius 1 is 0.750 bits per heavy atom. The van der Waals surface area contributed by atoms with Crippen LogP contribution in [-0.4, -0.2) is 14.1 Å². The van der Waals surface area contributed by atoms with Crippen molar-refractivity contribution < 1.29 is 49.6 Å². The van der Waals surface area contributed by atoms with Gasteiger partial charge >= 0.3 is 7.43 Å². The Kier molecular flexibility index (Phi) is 707. The van der Waals surface area contributed by atoms with Crippen molar-refractivity contribution in [1.82, 2.24) is 5.32 Å². The number of hydrogen-bond acceptors (Lipinski definition) is 1. The van der Waals surface area contributed by atoms with E-state index in [4.69, 9.17) is 0 Å². The van der Waals surface area contributed by atoms with Gasteiger partial charge in [0.25, 0.3) is 0 Å². The van der Waals surface area contributed by atoms with Crippen molar-refractivity contribution in [2.45, 2.75) is 0 Å². The van der Waals surface area contributed by atoms with Crippen molar-refractivity contribution in [3.63, 3.8) is 0 Å². The second kappa shape index (κ2) is 91.6. The summed E-state index contributed by atoms with van der Waals surface area (Å²) < 4.78 is 0. The number of hydrogen-bond donors (Lipinski definition) is 1. The van der Waals surface area contributed by atoms with Crippen LogP contribution in [0.25, 0.3) is 0 Å². The Bertz CT molecular complexity index is 11.2. The van der Waals surface area contributed by atoms with Crippen LogP contribution in [0.15, 0.2) is 0 Å². The number of halogens is 4. The second-order valence-corrected chi connectivity index (χ2v) is 0.500. The Morgan fingerprint density at radius 3 is 0.750 bits per heavy atom. The van der Waals surface area contributed by atoms with Crippen molar-refractivity contribution in [2.24, 2.45) is 0 Å². The van der Waals surface area contributed by atoms with Crippen molar-refractivity contribution in [3.05, 3.63) is 7.43 Å². The molecule has 0 saturated carbocycles. The molecular weight excluding hydrogens is 192 g/mol. The maximum absolute atomic E-state index is 2.75. The van der Waals surface area contributed by atoms with Gasteiger partial charge in [-0.25, -0.2) is 0 Å². The van der Waals surface area contributed by atoms with E-state index in [-0.39, 0.29) is 57.1 Å². The predicted octanol–water partition coefficient (Wildman–Crippen LogP) is -12.1. The molecule has 0 fully saturated rings. The third-order valence-corrected chi connectivity index (χ3v) is 0. The Labute approximate surface area is 76.6 Å². The zero-order chi connectivity index (χ0) is 2.71. The van der Waals surface area contributed by atoms with Crippen molar-refractivity contribution >= 4 is 0 Å². The number of nitrogens with one attached hydrogen (secondary N) is 1. The third kappa shape index (κ3) is 213. The smallest absolute Gasteiger partial charge is 1.00 e. The molecule has 1 N–H and O–H groups in total. The van der Waals surface area contributed by atoms with Gasteiger partial charge in [0, 0.05) is 0 Å². The van der Waals surface area contributed by atoms with E-state index < -0.39 is 0 Å². The molecule has 0 aromatic carbocycles. The van der Waals surface area contributed by atoms with E-state index in [9.17, 15) is 0 Å². The molecule has 0 atom stereocenters. The van der Waals surface area contributed by atoms with Crippen LogP contribution >= 0.6 is 0 Å². The van der Waals surface area contributed by atoms with Crippen molar-refractivity contribution in [3.8, 4) is 0 Å². The minimum absolute atomic E-state index is 0. The van der Waals surface area contributed by atoms with Crippen LogP contribution in [0.2, 0.25) is 0 Å². The van der Waals surface area contributed by atoms with E-state index in [0.717, 1.165) is 0 Å². The minimum Gasteiger partial charge on any atom is -1.00 e. The summed E-state index contributed by atoms with van der Waals surface area (Å²) in [5.74, 6) is 0. The summed E-state index contributed by atoms with van der Waals surface area (Å²) in [7, 11) is 3.75. The predicted molar refractivity (Wildman–Crippen MR) is 18.2 cm³/mol. The van der Waals surface area contributed by atoms with E-state index >= 15 is 0 Å². The molecule has 52 valence electrons. The van der Waals surface area contributed by atoms with Gasteiger partial charge in [-0.3, -0.25) is 0 Å². The first-order valence-electron chi connectivity index (χ1n) is 1.00. The zero-order valence-corrected chi connectivity index (χ0v) is 7.54. The van der Waals surface area contributed by atoms with Crippen molar-refractivity contribution in [1.29, 1.82) is 0 Å². The molecule has 0 rings (SSSR count). The largest absolute Gasteiger partial charge is 4.00 e. The summed E-state index contributed by atoms with van der Waals surface area (Å²) in [4.78, 5) is 0. The zero-order valence-electron chi connectivity index (χ0n) is 4.51. The summed E-state index contributed by atoms with van der Waals surface area (Å²) >= 11 is 0. The summed E-state index contributed by atoms with van der Waals surface area (Å²) in [6.07, 6.45) is 0. The van der Waals surface area contributed by atoms with Crippen LogP contribution in [0.1, 0.15) is 0 Å². The monoisotopic (exact) mass is 197 g/mol. The summed E-state index contributed by atoms with van der Waals surface area (Å²) in [5, 5.41) is 2.75. The third-order valence-electron chi connectivity index (χ3n) is 0. The molecular formula is C3H7Cl4N. The summed E-state index contributed by atoms with van der Waals surface area (Å²) in [6, 6.07) is 0. The fraction of sp³-hybridized carbons (Fsp3) is 0.667. The molecule has 0 heterocycles. The molecule has 0 spiro atoms. The molecule has 0 aromatic rings. The van der Waals surface area contributed by atoms with Crippen LogP contribution < -0.4 is 54.9 Å². The molecule has 0 aromatic heterocycles. The quantitative estimate of drug-likeness (QED) is 0.408. The van der Waals surface area contributed by atoms with Gasteiger partial charge in [0.1, 0.15) is 0 Å². The fourth-order valence-corrected chi connectivity index (χ4v) is 0. The van der Waals surface area contributed by atoms with E-state index in [2.05, 4.69) is 5.32 Å². The van der Waals surface area contributed by atoms with E-state index in [1.54, 1.807) is 0 Å². The van der Waals surface area contributed by atoms with Crippen molar-refractivity contribution in [2.75, 3.05) is 14.1 Å². The molecule has 8 heavy (non-hydrogen) atoms. The van der Waals surface area contributed by atoms with Crippen LogP contribution in [0.4, 0.5) is 0 Å². The van der Waals surface area contributed by atoms with Gasteiger partial charge < -0.3 is 54.9 Å². The number of rotatable bonds is 0. The van der Waals surface area contributed by atoms with Crippen LogP contribution in [-0.2, 0) is 0 Å². The molecule has 0 aliphatic heterocycles. The molecule has 0 amide bonds. The topological polar surface area (TPSA) is 12.0 Å². The minimum atomic E-state index is 0. The maximum atomic E-state index is 2.75. The van der Waals surface area contributed by atoms with Crippen LogP contribution in [0.5, 0.6) is 0 Å². The van der Waals surface area contributed by atoms with Crippen LogP contribution in [0.3, 0.4) is 0 Å². The second-order valence-electron chi connectivity index (χ2n) is 0.500. The molecule has 0 bridgehead atoms. The van der Waals surface area contributed by atoms with Gasteiger partial charge in [0.2, 0.25) is 0 Å². The average molecular weight is 199 g/mol. The van der Waals surface area contributed by atoms with Gasteiger partial charge in [-0.15, -0.1) is 0 Å². The standard InChI is InChI=1S/C2H7N.C.4ClH/c1-3-2;;;;;/h3H,1-2H3;;4*1H/q;+4;;;;/p-4. The molecule has 0 unspecified atom stereocenters. The normalized spacial score (nSPS) is 2.25. The molecule has 0 aliphatic carbocycles. The molecule has 1 nitrogen and oxygen atoms in total. The van der Waals surface area contributed by atoms with Gasteiger partial charge in [0.15, 0.2) is 0 Å².